The molecule has 3 aromatic heterocycles. The van der Waals surface area contributed by atoms with Gasteiger partial charge in [0.05, 0.1) is 27.8 Å². The van der Waals surface area contributed by atoms with Crippen molar-refractivity contribution in [3.05, 3.63) is 180 Å². The van der Waals surface area contributed by atoms with E-state index in [1.54, 1.807) is 0 Å². The molecule has 3 aliphatic carbocycles. The van der Waals surface area contributed by atoms with Crippen LogP contribution in [0, 0.1) is 11.8 Å². The Labute approximate surface area is 307 Å². The largest absolute Gasteiger partial charge is 0.308 e. The van der Waals surface area contributed by atoms with E-state index in [1.165, 1.54) is 71.1 Å². The Morgan fingerprint density at radius 1 is 0.642 bits per heavy atom. The monoisotopic (exact) mass is 677 g/mol. The van der Waals surface area contributed by atoms with E-state index in [0.717, 1.165) is 34.4 Å². The van der Waals surface area contributed by atoms with Gasteiger partial charge in [0.15, 0.2) is 5.82 Å². The second-order valence-electron chi connectivity index (χ2n) is 15.3. The average Bonchev–Trinajstić information content (AvgIpc) is 3.69. The van der Waals surface area contributed by atoms with Gasteiger partial charge in [0.2, 0.25) is 0 Å². The molecular formula is C50H35N3. The summed E-state index contributed by atoms with van der Waals surface area (Å²) >= 11 is 0. The SMILES string of the molecule is C[C@H]1c2c(ccc3ccccc23)-c2c(cc3c4ccccc4n4c5ccccc5c2c34)CC1c1nc(C2=CC3C=CC=CC3C=C2)nc2ccccc12. The first kappa shape index (κ1) is 29.3. The van der Waals surface area contributed by atoms with Crippen LogP contribution < -0.4 is 0 Å². The van der Waals surface area contributed by atoms with Gasteiger partial charge in [-0.2, -0.15) is 0 Å². The quantitative estimate of drug-likeness (QED) is 0.182. The first-order chi connectivity index (χ1) is 26.2. The highest BCUT2D eigenvalue weighted by atomic mass is 14.9. The number of nitrogens with zero attached hydrogens (tertiary/aromatic N) is 3. The topological polar surface area (TPSA) is 30.2 Å². The van der Waals surface area contributed by atoms with Crippen molar-refractivity contribution in [3.8, 4) is 11.1 Å². The highest BCUT2D eigenvalue weighted by Crippen LogP contribution is 2.53. The fourth-order valence-corrected chi connectivity index (χ4v) is 10.1. The zero-order chi connectivity index (χ0) is 34.8. The van der Waals surface area contributed by atoms with Gasteiger partial charge in [0, 0.05) is 50.3 Å². The minimum atomic E-state index is 0.112. The van der Waals surface area contributed by atoms with Gasteiger partial charge in [-0.3, -0.25) is 0 Å². The van der Waals surface area contributed by atoms with Crippen molar-refractivity contribution in [2.24, 2.45) is 11.8 Å². The lowest BCUT2D eigenvalue weighted by Gasteiger charge is -2.26. The van der Waals surface area contributed by atoms with Crippen LogP contribution in [-0.4, -0.2) is 14.4 Å². The molecule has 4 atom stereocenters. The van der Waals surface area contributed by atoms with Gasteiger partial charge < -0.3 is 4.40 Å². The summed E-state index contributed by atoms with van der Waals surface area (Å²) in [5, 5.41) is 9.07. The molecule has 0 radical (unpaired) electrons. The summed E-state index contributed by atoms with van der Waals surface area (Å²) in [7, 11) is 0. The van der Waals surface area contributed by atoms with Crippen molar-refractivity contribution >= 4 is 65.3 Å². The van der Waals surface area contributed by atoms with E-state index in [-0.39, 0.29) is 11.8 Å². The Morgan fingerprint density at radius 3 is 2.23 bits per heavy atom. The van der Waals surface area contributed by atoms with Crippen LogP contribution in [0.3, 0.4) is 0 Å². The van der Waals surface area contributed by atoms with Crippen LogP contribution in [0.5, 0.6) is 0 Å². The van der Waals surface area contributed by atoms with Crippen molar-refractivity contribution < 1.29 is 0 Å². The molecule has 0 bridgehead atoms. The van der Waals surface area contributed by atoms with E-state index < -0.39 is 0 Å². The average molecular weight is 678 g/mol. The molecule has 3 unspecified atom stereocenters. The van der Waals surface area contributed by atoms with Gasteiger partial charge in [-0.1, -0.05) is 140 Å². The van der Waals surface area contributed by atoms with Crippen molar-refractivity contribution in [3.63, 3.8) is 0 Å². The molecule has 53 heavy (non-hydrogen) atoms. The summed E-state index contributed by atoms with van der Waals surface area (Å²) in [4.78, 5) is 10.8. The van der Waals surface area contributed by atoms with Gasteiger partial charge in [0.1, 0.15) is 0 Å². The molecule has 3 aliphatic rings. The maximum Gasteiger partial charge on any atom is 0.159 e. The number of hydrogen-bond acceptors (Lipinski definition) is 2. The molecule has 0 saturated carbocycles. The van der Waals surface area contributed by atoms with Crippen molar-refractivity contribution in [2.75, 3.05) is 0 Å². The van der Waals surface area contributed by atoms with E-state index in [9.17, 15) is 0 Å². The molecule has 12 rings (SSSR count). The van der Waals surface area contributed by atoms with Crippen LogP contribution in [0.2, 0.25) is 0 Å². The van der Waals surface area contributed by atoms with Crippen LogP contribution in [0.1, 0.15) is 41.4 Å². The number of rotatable bonds is 2. The number of benzene rings is 6. The molecule has 0 fully saturated rings. The zero-order valence-corrected chi connectivity index (χ0v) is 29.4. The number of fused-ring (bicyclic) bond motifs is 14. The second kappa shape index (κ2) is 10.8. The predicted molar refractivity (Wildman–Crippen MR) is 221 cm³/mol. The Bertz CT molecular complexity index is 3130. The fraction of sp³-hybridized carbons (Fsp3) is 0.120. The van der Waals surface area contributed by atoms with E-state index in [0.29, 0.717) is 11.8 Å². The molecule has 0 saturated heterocycles. The molecule has 250 valence electrons. The Morgan fingerprint density at radius 2 is 1.36 bits per heavy atom. The van der Waals surface area contributed by atoms with E-state index in [4.69, 9.17) is 9.97 Å². The Hall–Kier alpha value is -6.32. The first-order valence-corrected chi connectivity index (χ1v) is 18.9. The second-order valence-corrected chi connectivity index (χ2v) is 15.3. The molecule has 3 heterocycles. The number of allylic oxidation sites excluding steroid dienone is 8. The van der Waals surface area contributed by atoms with Crippen LogP contribution in [0.4, 0.5) is 0 Å². The van der Waals surface area contributed by atoms with Crippen LogP contribution in [-0.2, 0) is 6.42 Å². The molecule has 0 N–H and O–H groups in total. The lowest BCUT2D eigenvalue weighted by Crippen LogP contribution is -2.16. The Balaban J connectivity index is 1.18. The number of hydrogen-bond donors (Lipinski definition) is 0. The van der Waals surface area contributed by atoms with Gasteiger partial charge in [-0.15, -0.1) is 0 Å². The number of aromatic nitrogens is 3. The van der Waals surface area contributed by atoms with Crippen LogP contribution in [0.15, 0.2) is 158 Å². The van der Waals surface area contributed by atoms with Gasteiger partial charge in [0.25, 0.3) is 0 Å². The highest BCUT2D eigenvalue weighted by molar-refractivity contribution is 6.28. The number of para-hydroxylation sites is 3. The molecule has 0 aliphatic heterocycles. The van der Waals surface area contributed by atoms with Crippen LogP contribution >= 0.6 is 0 Å². The molecule has 0 amide bonds. The molecule has 9 aromatic rings. The summed E-state index contributed by atoms with van der Waals surface area (Å²) in [5.74, 6) is 1.82. The van der Waals surface area contributed by atoms with E-state index >= 15 is 0 Å². The summed E-state index contributed by atoms with van der Waals surface area (Å²) in [6.07, 6.45) is 16.7. The maximum absolute atomic E-state index is 5.62. The summed E-state index contributed by atoms with van der Waals surface area (Å²) < 4.78 is 2.51. The molecular weight excluding hydrogens is 643 g/mol. The molecule has 3 nitrogen and oxygen atoms in total. The fourth-order valence-electron chi connectivity index (χ4n) is 10.1. The van der Waals surface area contributed by atoms with Gasteiger partial charge in [-0.25, -0.2) is 9.97 Å². The van der Waals surface area contributed by atoms with Crippen molar-refractivity contribution in [1.82, 2.24) is 14.4 Å². The standard InChI is InChI=1S/C50H35N3/c1-29-40(48-37-17-6-9-19-42(37)51-50(52-48)33-23-22-30-12-2-3-14-32(30)26-33)27-34-28-41-36-16-7-10-20-43(36)53-44-21-11-8-18-38(44)47(49(41)53)46(34)39-25-24-31-13-4-5-15-35(31)45(29)39/h2-26,28-30,32,40H,27H2,1H3/t29-,30?,32?,40?/m1/s1. The summed E-state index contributed by atoms with van der Waals surface area (Å²) in [6.45, 7) is 2.45. The molecule has 6 aromatic carbocycles. The maximum atomic E-state index is 5.62. The van der Waals surface area contributed by atoms with Crippen molar-refractivity contribution in [2.45, 2.75) is 25.2 Å². The molecule has 3 heteroatoms. The third kappa shape index (κ3) is 4.05. The highest BCUT2D eigenvalue weighted by Gasteiger charge is 2.35. The summed E-state index contributed by atoms with van der Waals surface area (Å²) in [6, 6.07) is 42.8. The van der Waals surface area contributed by atoms with Gasteiger partial charge >= 0.3 is 0 Å². The third-order valence-electron chi connectivity index (χ3n) is 12.5. The van der Waals surface area contributed by atoms with E-state index in [2.05, 4.69) is 169 Å². The first-order valence-electron chi connectivity index (χ1n) is 18.9. The van der Waals surface area contributed by atoms with Gasteiger partial charge in [-0.05, 0) is 69.6 Å². The van der Waals surface area contributed by atoms with Crippen LogP contribution in [0.25, 0.3) is 76.5 Å². The smallest absolute Gasteiger partial charge is 0.159 e. The lowest BCUT2D eigenvalue weighted by molar-refractivity contribution is 0.571. The normalized spacial score (nSPS) is 20.7. The van der Waals surface area contributed by atoms with E-state index in [1.807, 2.05) is 0 Å². The zero-order valence-electron chi connectivity index (χ0n) is 29.4. The predicted octanol–water partition coefficient (Wildman–Crippen LogP) is 12.4. The Kier molecular flexibility index (Phi) is 5.99. The molecule has 0 spiro atoms. The summed E-state index contributed by atoms with van der Waals surface area (Å²) in [5.41, 5.74) is 12.6. The lowest BCUT2D eigenvalue weighted by atomic mass is 9.79. The van der Waals surface area contributed by atoms with Crippen molar-refractivity contribution in [1.29, 1.82) is 0 Å². The minimum absolute atomic E-state index is 0.112. The third-order valence-corrected chi connectivity index (χ3v) is 12.5. The minimum Gasteiger partial charge on any atom is -0.308 e.